The average Bonchev–Trinajstić information content (AvgIpc) is 2.48. The summed E-state index contributed by atoms with van der Waals surface area (Å²) in [5.74, 6) is 1.01. The molecule has 19 heavy (non-hydrogen) atoms. The molecule has 1 amide bonds. The fourth-order valence-corrected chi connectivity index (χ4v) is 3.43. The summed E-state index contributed by atoms with van der Waals surface area (Å²) in [5.41, 5.74) is 5.69. The predicted molar refractivity (Wildman–Crippen MR) is 75.7 cm³/mol. The summed E-state index contributed by atoms with van der Waals surface area (Å²) in [6.45, 7) is 4.31. The van der Waals surface area contributed by atoms with E-state index in [2.05, 4.69) is 6.92 Å². The minimum absolute atomic E-state index is 0.272. The maximum absolute atomic E-state index is 12.9. The van der Waals surface area contributed by atoms with E-state index in [1.54, 1.807) is 0 Å². The Hall–Kier alpha value is -0.610. The lowest BCUT2D eigenvalue weighted by atomic mass is 9.70. The van der Waals surface area contributed by atoms with E-state index >= 15 is 0 Å². The lowest BCUT2D eigenvalue weighted by Gasteiger charge is -2.42. The van der Waals surface area contributed by atoms with Crippen molar-refractivity contribution < 1.29 is 9.53 Å². The van der Waals surface area contributed by atoms with Gasteiger partial charge in [-0.25, -0.2) is 0 Å². The van der Waals surface area contributed by atoms with Gasteiger partial charge < -0.3 is 15.4 Å². The smallest absolute Gasteiger partial charge is 0.230 e. The van der Waals surface area contributed by atoms with Gasteiger partial charge in [0.25, 0.3) is 0 Å². The van der Waals surface area contributed by atoms with Crippen LogP contribution >= 0.6 is 0 Å². The molecule has 1 heterocycles. The third-order valence-corrected chi connectivity index (χ3v) is 5.13. The number of ether oxygens (including phenoxy) is 1. The molecule has 1 saturated carbocycles. The van der Waals surface area contributed by atoms with Crippen LogP contribution in [0.5, 0.6) is 0 Å². The maximum Gasteiger partial charge on any atom is 0.230 e. The van der Waals surface area contributed by atoms with E-state index in [1.807, 2.05) is 11.9 Å². The minimum Gasteiger partial charge on any atom is -0.381 e. The SMILES string of the molecule is CC1CCC(CN)(C(=O)N(C)C2CCOCC2)CC1. The molecule has 0 aromatic carbocycles. The second-order valence-corrected chi connectivity index (χ2v) is 6.43. The molecular formula is C15H28N2O2. The maximum atomic E-state index is 12.9. The minimum atomic E-state index is -0.292. The monoisotopic (exact) mass is 268 g/mol. The summed E-state index contributed by atoms with van der Waals surface area (Å²) in [5, 5.41) is 0. The van der Waals surface area contributed by atoms with Crippen molar-refractivity contribution in [2.45, 2.75) is 51.5 Å². The topological polar surface area (TPSA) is 55.6 Å². The quantitative estimate of drug-likeness (QED) is 0.849. The van der Waals surface area contributed by atoms with E-state index in [0.717, 1.165) is 57.7 Å². The number of amides is 1. The molecule has 2 aliphatic rings. The number of hydrogen-bond acceptors (Lipinski definition) is 3. The molecule has 0 atom stereocenters. The summed E-state index contributed by atoms with van der Waals surface area (Å²) in [6.07, 6.45) is 6.09. The number of rotatable bonds is 3. The summed E-state index contributed by atoms with van der Waals surface area (Å²) in [7, 11) is 1.95. The fraction of sp³-hybridized carbons (Fsp3) is 0.933. The first-order valence-electron chi connectivity index (χ1n) is 7.64. The van der Waals surface area contributed by atoms with Crippen LogP contribution in [0, 0.1) is 11.3 Å². The van der Waals surface area contributed by atoms with Gasteiger partial charge in [-0.3, -0.25) is 4.79 Å². The van der Waals surface area contributed by atoms with E-state index in [4.69, 9.17) is 10.5 Å². The van der Waals surface area contributed by atoms with Gasteiger partial charge in [-0.15, -0.1) is 0 Å². The Kier molecular flexibility index (Phi) is 4.85. The number of carbonyl (C=O) groups excluding carboxylic acids is 1. The van der Waals surface area contributed by atoms with Crippen molar-refractivity contribution in [2.75, 3.05) is 26.8 Å². The van der Waals surface area contributed by atoms with Crippen molar-refractivity contribution >= 4 is 5.91 Å². The van der Waals surface area contributed by atoms with Gasteiger partial charge in [0.1, 0.15) is 0 Å². The van der Waals surface area contributed by atoms with Crippen LogP contribution in [0.4, 0.5) is 0 Å². The largest absolute Gasteiger partial charge is 0.381 e. The van der Waals surface area contributed by atoms with Crippen molar-refractivity contribution in [1.29, 1.82) is 0 Å². The standard InChI is InChI=1S/C15H28N2O2/c1-12-3-7-15(11-16,8-4-12)14(18)17(2)13-5-9-19-10-6-13/h12-13H,3-11,16H2,1-2H3. The average molecular weight is 268 g/mol. The number of hydrogen-bond donors (Lipinski definition) is 1. The highest BCUT2D eigenvalue weighted by atomic mass is 16.5. The molecule has 0 spiro atoms. The van der Waals surface area contributed by atoms with Crippen molar-refractivity contribution in [3.05, 3.63) is 0 Å². The highest BCUT2D eigenvalue weighted by Gasteiger charge is 2.42. The summed E-state index contributed by atoms with van der Waals surface area (Å²) >= 11 is 0. The van der Waals surface area contributed by atoms with Gasteiger partial charge in [-0.2, -0.15) is 0 Å². The summed E-state index contributed by atoms with van der Waals surface area (Å²) in [6, 6.07) is 0.337. The van der Waals surface area contributed by atoms with Crippen LogP contribution in [0.3, 0.4) is 0 Å². The Morgan fingerprint density at radius 1 is 1.26 bits per heavy atom. The molecule has 0 aromatic rings. The van der Waals surface area contributed by atoms with Gasteiger partial charge in [0.15, 0.2) is 0 Å². The van der Waals surface area contributed by atoms with Gasteiger partial charge in [0.05, 0.1) is 5.41 Å². The van der Waals surface area contributed by atoms with Gasteiger partial charge in [0.2, 0.25) is 5.91 Å². The number of nitrogens with zero attached hydrogens (tertiary/aromatic N) is 1. The summed E-state index contributed by atoms with van der Waals surface area (Å²) in [4.78, 5) is 14.8. The predicted octanol–water partition coefficient (Wildman–Crippen LogP) is 1.78. The summed E-state index contributed by atoms with van der Waals surface area (Å²) < 4.78 is 5.38. The molecule has 1 aliphatic heterocycles. The van der Waals surface area contributed by atoms with Crippen molar-refractivity contribution in [2.24, 2.45) is 17.1 Å². The Bertz CT molecular complexity index is 305. The van der Waals surface area contributed by atoms with Crippen molar-refractivity contribution in [3.8, 4) is 0 Å². The van der Waals surface area contributed by atoms with Crippen LogP contribution in [-0.2, 0) is 9.53 Å². The van der Waals surface area contributed by atoms with Crippen LogP contribution < -0.4 is 5.73 Å². The Morgan fingerprint density at radius 2 is 1.84 bits per heavy atom. The first-order valence-corrected chi connectivity index (χ1v) is 7.64. The van der Waals surface area contributed by atoms with E-state index in [0.29, 0.717) is 12.6 Å². The molecule has 110 valence electrons. The zero-order valence-electron chi connectivity index (χ0n) is 12.4. The third-order valence-electron chi connectivity index (χ3n) is 5.13. The van der Waals surface area contributed by atoms with Crippen LogP contribution in [0.25, 0.3) is 0 Å². The molecule has 4 nitrogen and oxygen atoms in total. The van der Waals surface area contributed by atoms with E-state index in [-0.39, 0.29) is 11.3 Å². The van der Waals surface area contributed by atoms with Crippen LogP contribution in [0.1, 0.15) is 45.4 Å². The highest BCUT2D eigenvalue weighted by Crippen LogP contribution is 2.40. The molecule has 2 fully saturated rings. The van der Waals surface area contributed by atoms with Crippen LogP contribution in [0.2, 0.25) is 0 Å². The Morgan fingerprint density at radius 3 is 2.37 bits per heavy atom. The molecule has 0 radical (unpaired) electrons. The van der Waals surface area contributed by atoms with E-state index in [9.17, 15) is 4.79 Å². The number of nitrogens with two attached hydrogens (primary N) is 1. The fourth-order valence-electron chi connectivity index (χ4n) is 3.43. The molecule has 2 N–H and O–H groups in total. The van der Waals surface area contributed by atoms with E-state index < -0.39 is 0 Å². The second kappa shape index (κ2) is 6.23. The van der Waals surface area contributed by atoms with Gasteiger partial charge in [-0.1, -0.05) is 6.92 Å². The first kappa shape index (κ1) is 14.8. The van der Waals surface area contributed by atoms with Crippen molar-refractivity contribution in [3.63, 3.8) is 0 Å². The number of carbonyl (C=O) groups is 1. The molecular weight excluding hydrogens is 240 g/mol. The lowest BCUT2D eigenvalue weighted by molar-refractivity contribution is -0.146. The van der Waals surface area contributed by atoms with Crippen LogP contribution in [-0.4, -0.2) is 43.7 Å². The van der Waals surface area contributed by atoms with Gasteiger partial charge >= 0.3 is 0 Å². The molecule has 1 aliphatic carbocycles. The molecule has 1 saturated heterocycles. The molecule has 4 heteroatoms. The highest BCUT2D eigenvalue weighted by molar-refractivity contribution is 5.83. The van der Waals surface area contributed by atoms with Gasteiger partial charge in [-0.05, 0) is 44.4 Å². The van der Waals surface area contributed by atoms with Gasteiger partial charge in [0, 0.05) is 32.8 Å². The third kappa shape index (κ3) is 3.11. The molecule has 2 rings (SSSR count). The normalized spacial score (nSPS) is 33.1. The van der Waals surface area contributed by atoms with Crippen LogP contribution in [0.15, 0.2) is 0 Å². The zero-order chi connectivity index (χ0) is 13.9. The second-order valence-electron chi connectivity index (χ2n) is 6.43. The van der Waals surface area contributed by atoms with E-state index in [1.165, 1.54) is 0 Å². The Labute approximate surface area is 116 Å². The Balaban J connectivity index is 2.03. The lowest BCUT2D eigenvalue weighted by Crippen LogP contribution is -2.52. The molecule has 0 aromatic heterocycles. The zero-order valence-corrected chi connectivity index (χ0v) is 12.4. The molecule has 0 bridgehead atoms. The first-order chi connectivity index (χ1) is 9.09. The molecule has 0 unspecified atom stereocenters. The van der Waals surface area contributed by atoms with Crippen molar-refractivity contribution in [1.82, 2.24) is 4.90 Å².